The predicted molar refractivity (Wildman–Crippen MR) is 122 cm³/mol. The first-order valence-electron chi connectivity index (χ1n) is 11.3. The van der Waals surface area contributed by atoms with Gasteiger partial charge in [-0.1, -0.05) is 25.1 Å². The molecule has 1 unspecified atom stereocenters. The normalized spacial score (nSPS) is 19.8. The molecule has 1 aromatic carbocycles. The van der Waals surface area contributed by atoms with Gasteiger partial charge in [-0.2, -0.15) is 0 Å². The van der Waals surface area contributed by atoms with Crippen LogP contribution in [0, 0.1) is 0 Å². The minimum atomic E-state index is 0.00539. The van der Waals surface area contributed by atoms with Crippen molar-refractivity contribution >= 4 is 17.5 Å². The molecule has 7 nitrogen and oxygen atoms in total. The maximum Gasteiger partial charge on any atom is 0.238 e. The van der Waals surface area contributed by atoms with Crippen LogP contribution in [0.2, 0.25) is 0 Å². The number of hydrogen-bond donors (Lipinski definition) is 1. The van der Waals surface area contributed by atoms with Gasteiger partial charge in [-0.05, 0) is 37.1 Å². The maximum absolute atomic E-state index is 12.9. The van der Waals surface area contributed by atoms with Gasteiger partial charge in [-0.25, -0.2) is 0 Å². The van der Waals surface area contributed by atoms with E-state index in [-0.39, 0.29) is 17.9 Å². The first-order chi connectivity index (χ1) is 15.0. The van der Waals surface area contributed by atoms with E-state index in [1.807, 2.05) is 29.2 Å². The fraction of sp³-hybridized carbons (Fsp3) is 0.500. The Kier molecular flexibility index (Phi) is 6.73. The first-order valence-corrected chi connectivity index (χ1v) is 11.3. The van der Waals surface area contributed by atoms with Gasteiger partial charge in [0, 0.05) is 62.9 Å². The third kappa shape index (κ3) is 4.99. The van der Waals surface area contributed by atoms with Crippen LogP contribution in [-0.4, -0.2) is 76.9 Å². The van der Waals surface area contributed by atoms with Crippen molar-refractivity contribution in [1.82, 2.24) is 19.3 Å². The summed E-state index contributed by atoms with van der Waals surface area (Å²) < 4.78 is 2.27. The Morgan fingerprint density at radius 2 is 1.74 bits per heavy atom. The van der Waals surface area contributed by atoms with E-state index >= 15 is 0 Å². The van der Waals surface area contributed by atoms with E-state index in [1.165, 1.54) is 5.69 Å². The maximum atomic E-state index is 12.9. The average Bonchev–Trinajstić information content (AvgIpc) is 3.26. The van der Waals surface area contributed by atoms with Gasteiger partial charge in [-0.3, -0.25) is 19.4 Å². The minimum Gasteiger partial charge on any atom is -0.349 e. The summed E-state index contributed by atoms with van der Waals surface area (Å²) in [5, 5.41) is 3.04. The summed E-state index contributed by atoms with van der Waals surface area (Å²) >= 11 is 0. The lowest BCUT2D eigenvalue weighted by molar-refractivity contribution is -0.135. The van der Waals surface area contributed by atoms with E-state index in [2.05, 4.69) is 51.9 Å². The van der Waals surface area contributed by atoms with E-state index in [4.69, 9.17) is 0 Å². The van der Waals surface area contributed by atoms with Crippen molar-refractivity contribution in [3.8, 4) is 0 Å². The van der Waals surface area contributed by atoms with Crippen molar-refractivity contribution in [3.05, 3.63) is 53.9 Å². The lowest BCUT2D eigenvalue weighted by atomic mass is 10.1. The van der Waals surface area contributed by atoms with Crippen molar-refractivity contribution in [3.63, 3.8) is 0 Å². The van der Waals surface area contributed by atoms with Crippen LogP contribution >= 0.6 is 0 Å². The average molecular weight is 424 g/mol. The van der Waals surface area contributed by atoms with Crippen molar-refractivity contribution in [2.75, 3.05) is 51.1 Å². The molecule has 31 heavy (non-hydrogen) atoms. The molecule has 2 aliphatic rings. The molecule has 0 radical (unpaired) electrons. The van der Waals surface area contributed by atoms with Crippen molar-refractivity contribution in [2.45, 2.75) is 32.9 Å². The Bertz CT molecular complexity index is 916. The second kappa shape index (κ2) is 9.66. The molecule has 1 atom stereocenters. The summed E-state index contributed by atoms with van der Waals surface area (Å²) in [6.45, 7) is 9.72. The van der Waals surface area contributed by atoms with Gasteiger partial charge in [0.05, 0.1) is 13.1 Å². The predicted octanol–water partition coefficient (Wildman–Crippen LogP) is 2.21. The number of carbonyl (C=O) groups is 2. The number of aromatic nitrogens is 1. The molecule has 1 saturated heterocycles. The van der Waals surface area contributed by atoms with Gasteiger partial charge >= 0.3 is 0 Å². The van der Waals surface area contributed by atoms with Crippen LogP contribution in [0.25, 0.3) is 0 Å². The molecule has 2 amide bonds. The number of nitrogens with one attached hydrogen (secondary N) is 1. The minimum absolute atomic E-state index is 0.00539. The van der Waals surface area contributed by atoms with Gasteiger partial charge in [-0.15, -0.1) is 0 Å². The van der Waals surface area contributed by atoms with Crippen LogP contribution in [0.15, 0.2) is 42.6 Å². The number of aryl methyl sites for hydroxylation is 1. The molecule has 2 aliphatic heterocycles. The number of benzene rings is 1. The topological polar surface area (TPSA) is 60.8 Å². The Labute approximate surface area is 184 Å². The molecule has 0 bridgehead atoms. The van der Waals surface area contributed by atoms with Gasteiger partial charge < -0.3 is 14.8 Å². The number of para-hydroxylation sites is 1. The van der Waals surface area contributed by atoms with E-state index in [9.17, 15) is 9.59 Å². The molecule has 4 rings (SSSR count). The number of piperazine rings is 1. The van der Waals surface area contributed by atoms with Crippen LogP contribution < -0.4 is 5.32 Å². The van der Waals surface area contributed by atoms with E-state index in [0.29, 0.717) is 26.2 Å². The number of amides is 2. The highest BCUT2D eigenvalue weighted by Crippen LogP contribution is 2.25. The standard InChI is InChI=1S/C24H33N5O2/c1-3-20-7-4-5-8-21(20)25-23(30)17-26-11-13-28(14-12-26)24(31)18-29-16-15-27-10-6-9-22(27)19(29)2/h4-10,19H,3,11-18H2,1-2H3,(H,25,30). The fourth-order valence-electron chi connectivity index (χ4n) is 4.62. The molecular formula is C24H33N5O2. The highest BCUT2D eigenvalue weighted by atomic mass is 16.2. The molecule has 1 N–H and O–H groups in total. The molecule has 0 spiro atoms. The first kappa shape index (κ1) is 21.6. The van der Waals surface area contributed by atoms with Crippen LogP contribution in [0.4, 0.5) is 5.69 Å². The number of rotatable bonds is 6. The van der Waals surface area contributed by atoms with Gasteiger partial charge in [0.2, 0.25) is 11.8 Å². The summed E-state index contributed by atoms with van der Waals surface area (Å²) in [6.07, 6.45) is 3.00. The third-order valence-corrected chi connectivity index (χ3v) is 6.57. The monoisotopic (exact) mass is 423 g/mol. The largest absolute Gasteiger partial charge is 0.349 e. The zero-order chi connectivity index (χ0) is 21.8. The molecule has 1 aromatic heterocycles. The van der Waals surface area contributed by atoms with Crippen molar-refractivity contribution < 1.29 is 9.59 Å². The summed E-state index contributed by atoms with van der Waals surface area (Å²) in [7, 11) is 0. The Morgan fingerprint density at radius 3 is 2.52 bits per heavy atom. The zero-order valence-electron chi connectivity index (χ0n) is 18.6. The molecular weight excluding hydrogens is 390 g/mol. The molecule has 0 saturated carbocycles. The quantitative estimate of drug-likeness (QED) is 0.774. The Hall–Kier alpha value is -2.64. The molecule has 2 aromatic rings. The highest BCUT2D eigenvalue weighted by molar-refractivity contribution is 5.93. The van der Waals surface area contributed by atoms with Crippen LogP contribution in [0.3, 0.4) is 0 Å². The van der Waals surface area contributed by atoms with E-state index in [0.717, 1.165) is 43.9 Å². The second-order valence-electron chi connectivity index (χ2n) is 8.49. The van der Waals surface area contributed by atoms with Gasteiger partial charge in [0.25, 0.3) is 0 Å². The molecule has 3 heterocycles. The Balaban J connectivity index is 1.23. The zero-order valence-corrected chi connectivity index (χ0v) is 18.6. The summed E-state index contributed by atoms with van der Waals surface area (Å²) in [5.74, 6) is 0.193. The van der Waals surface area contributed by atoms with Gasteiger partial charge in [0.1, 0.15) is 0 Å². The summed E-state index contributed by atoms with van der Waals surface area (Å²) in [5.41, 5.74) is 3.32. The van der Waals surface area contributed by atoms with E-state index in [1.54, 1.807) is 0 Å². The highest BCUT2D eigenvalue weighted by Gasteiger charge is 2.28. The molecule has 7 heteroatoms. The third-order valence-electron chi connectivity index (χ3n) is 6.57. The fourth-order valence-corrected chi connectivity index (χ4v) is 4.62. The Morgan fingerprint density at radius 1 is 0.968 bits per heavy atom. The summed E-state index contributed by atoms with van der Waals surface area (Å²) in [4.78, 5) is 31.7. The number of hydrogen-bond acceptors (Lipinski definition) is 4. The number of fused-ring (bicyclic) bond motifs is 1. The second-order valence-corrected chi connectivity index (χ2v) is 8.49. The lowest BCUT2D eigenvalue weighted by Crippen LogP contribution is -2.53. The lowest BCUT2D eigenvalue weighted by Gasteiger charge is -2.38. The van der Waals surface area contributed by atoms with E-state index < -0.39 is 0 Å². The number of nitrogens with zero attached hydrogens (tertiary/aromatic N) is 4. The van der Waals surface area contributed by atoms with Crippen LogP contribution in [-0.2, 0) is 22.6 Å². The number of carbonyl (C=O) groups excluding carboxylic acids is 2. The molecule has 166 valence electrons. The van der Waals surface area contributed by atoms with Crippen LogP contribution in [0.1, 0.15) is 31.1 Å². The SMILES string of the molecule is CCc1ccccc1NC(=O)CN1CCN(C(=O)CN2CCn3cccc3C2C)CC1. The summed E-state index contributed by atoms with van der Waals surface area (Å²) in [6, 6.07) is 12.4. The van der Waals surface area contributed by atoms with Crippen molar-refractivity contribution in [1.29, 1.82) is 0 Å². The molecule has 1 fully saturated rings. The van der Waals surface area contributed by atoms with Crippen molar-refractivity contribution in [2.24, 2.45) is 0 Å². The number of anilines is 1. The van der Waals surface area contributed by atoms with Gasteiger partial charge in [0.15, 0.2) is 0 Å². The molecule has 0 aliphatic carbocycles. The smallest absolute Gasteiger partial charge is 0.238 e. The van der Waals surface area contributed by atoms with Crippen LogP contribution in [0.5, 0.6) is 0 Å².